The predicted molar refractivity (Wildman–Crippen MR) is 117 cm³/mol. The second-order valence-corrected chi connectivity index (χ2v) is 8.08. The van der Waals surface area contributed by atoms with Crippen LogP contribution in [0.25, 0.3) is 16.8 Å². The molecule has 0 radical (unpaired) electrons. The maximum absolute atomic E-state index is 13.8. The molecule has 2 aromatic heterocycles. The zero-order valence-corrected chi connectivity index (χ0v) is 18.1. The number of carbonyl (C=O) groups is 1. The normalized spacial score (nSPS) is 15.6. The number of ether oxygens (including phenoxy) is 2. The van der Waals surface area contributed by atoms with E-state index >= 15 is 0 Å². The van der Waals surface area contributed by atoms with E-state index in [-0.39, 0.29) is 24.7 Å². The average molecular weight is 449 g/mol. The molecule has 2 heterocycles. The van der Waals surface area contributed by atoms with Crippen molar-refractivity contribution in [2.24, 2.45) is 0 Å². The van der Waals surface area contributed by atoms with Crippen molar-refractivity contribution in [1.29, 1.82) is 0 Å². The molecule has 1 atom stereocenters. The SMILES string of the molecule is COCc1nn2cc3c(nc2c1-c1ccc(OC)cc1)CC(c1cc(F)cc(F)c1)CC3=O. The first-order valence-corrected chi connectivity index (χ1v) is 10.5. The Bertz CT molecular complexity index is 1350. The summed E-state index contributed by atoms with van der Waals surface area (Å²) in [5.74, 6) is -1.07. The number of halogens is 2. The lowest BCUT2D eigenvalue weighted by Crippen LogP contribution is -2.21. The topological polar surface area (TPSA) is 65.7 Å². The van der Waals surface area contributed by atoms with Crippen molar-refractivity contribution in [3.63, 3.8) is 0 Å². The van der Waals surface area contributed by atoms with Gasteiger partial charge in [0.25, 0.3) is 0 Å². The summed E-state index contributed by atoms with van der Waals surface area (Å²) in [4.78, 5) is 17.7. The Kier molecular flexibility index (Phi) is 5.38. The van der Waals surface area contributed by atoms with Gasteiger partial charge in [0.15, 0.2) is 11.4 Å². The minimum absolute atomic E-state index is 0.130. The lowest BCUT2D eigenvalue weighted by atomic mass is 9.82. The molecule has 0 aliphatic heterocycles. The van der Waals surface area contributed by atoms with E-state index in [4.69, 9.17) is 14.5 Å². The Balaban J connectivity index is 1.63. The molecule has 0 N–H and O–H groups in total. The number of Topliss-reactive ketones (excluding diaryl/α,β-unsaturated/α-hetero) is 1. The van der Waals surface area contributed by atoms with Crippen molar-refractivity contribution in [3.05, 3.63) is 82.8 Å². The highest BCUT2D eigenvalue weighted by Gasteiger charge is 2.30. The monoisotopic (exact) mass is 449 g/mol. The van der Waals surface area contributed by atoms with Gasteiger partial charge in [0.1, 0.15) is 17.4 Å². The van der Waals surface area contributed by atoms with Gasteiger partial charge in [0.05, 0.1) is 36.2 Å². The van der Waals surface area contributed by atoms with Crippen LogP contribution in [-0.2, 0) is 17.8 Å². The molecule has 0 fully saturated rings. The molecule has 0 spiro atoms. The van der Waals surface area contributed by atoms with Crippen LogP contribution in [0.15, 0.2) is 48.7 Å². The van der Waals surface area contributed by atoms with E-state index in [2.05, 4.69) is 5.10 Å². The van der Waals surface area contributed by atoms with Gasteiger partial charge in [-0.2, -0.15) is 5.10 Å². The second-order valence-electron chi connectivity index (χ2n) is 8.08. The second kappa shape index (κ2) is 8.37. The fraction of sp³-hybridized carbons (Fsp3) is 0.240. The van der Waals surface area contributed by atoms with Gasteiger partial charge < -0.3 is 9.47 Å². The third-order valence-electron chi connectivity index (χ3n) is 5.95. The van der Waals surface area contributed by atoms with Gasteiger partial charge in [-0.1, -0.05) is 12.1 Å². The molecular weight excluding hydrogens is 428 g/mol. The maximum atomic E-state index is 13.8. The van der Waals surface area contributed by atoms with Crippen LogP contribution >= 0.6 is 0 Å². The molecule has 2 aromatic carbocycles. The van der Waals surface area contributed by atoms with Gasteiger partial charge in [-0.3, -0.25) is 4.79 Å². The van der Waals surface area contributed by atoms with Gasteiger partial charge in [0, 0.05) is 25.8 Å². The van der Waals surface area contributed by atoms with Crippen LogP contribution in [0.4, 0.5) is 8.78 Å². The number of rotatable bonds is 5. The van der Waals surface area contributed by atoms with E-state index in [9.17, 15) is 13.6 Å². The summed E-state index contributed by atoms with van der Waals surface area (Å²) in [6.45, 7) is 0.272. The van der Waals surface area contributed by atoms with Gasteiger partial charge in [-0.15, -0.1) is 0 Å². The third-order valence-corrected chi connectivity index (χ3v) is 5.95. The summed E-state index contributed by atoms with van der Waals surface area (Å²) >= 11 is 0. The van der Waals surface area contributed by atoms with Crippen molar-refractivity contribution in [1.82, 2.24) is 14.6 Å². The van der Waals surface area contributed by atoms with Crippen molar-refractivity contribution >= 4 is 11.4 Å². The molecule has 6 nitrogen and oxygen atoms in total. The first-order valence-electron chi connectivity index (χ1n) is 10.5. The van der Waals surface area contributed by atoms with E-state index in [1.54, 1.807) is 24.9 Å². The quantitative estimate of drug-likeness (QED) is 0.440. The number of methoxy groups -OCH3 is 2. The summed E-state index contributed by atoms with van der Waals surface area (Å²) in [5.41, 5.74) is 4.48. The van der Waals surface area contributed by atoms with Crippen molar-refractivity contribution in [3.8, 4) is 16.9 Å². The molecule has 4 aromatic rings. The Labute approximate surface area is 188 Å². The number of hydrogen-bond donors (Lipinski definition) is 0. The Morgan fingerprint density at radius 1 is 1.06 bits per heavy atom. The molecule has 0 bridgehead atoms. The zero-order valence-electron chi connectivity index (χ0n) is 18.1. The van der Waals surface area contributed by atoms with E-state index in [0.29, 0.717) is 34.6 Å². The number of nitrogens with zero attached hydrogens (tertiary/aromatic N) is 3. The molecule has 1 unspecified atom stereocenters. The van der Waals surface area contributed by atoms with Crippen molar-refractivity contribution in [2.75, 3.05) is 14.2 Å². The molecule has 5 rings (SSSR count). The summed E-state index contributed by atoms with van der Waals surface area (Å²) in [6.07, 6.45) is 2.24. The molecule has 0 amide bonds. The third kappa shape index (κ3) is 3.87. The molecule has 33 heavy (non-hydrogen) atoms. The fourth-order valence-electron chi connectivity index (χ4n) is 4.42. The lowest BCUT2D eigenvalue weighted by Gasteiger charge is -2.23. The van der Waals surface area contributed by atoms with Crippen LogP contribution in [0, 0.1) is 11.6 Å². The van der Waals surface area contributed by atoms with Crippen LogP contribution < -0.4 is 4.74 Å². The smallest absolute Gasteiger partial charge is 0.166 e. The number of benzene rings is 2. The molecule has 0 saturated heterocycles. The average Bonchev–Trinajstić information content (AvgIpc) is 3.14. The van der Waals surface area contributed by atoms with E-state index in [1.165, 1.54) is 12.1 Å². The minimum Gasteiger partial charge on any atom is -0.497 e. The Morgan fingerprint density at radius 2 is 1.79 bits per heavy atom. The van der Waals surface area contributed by atoms with Crippen LogP contribution in [-0.4, -0.2) is 34.6 Å². The highest BCUT2D eigenvalue weighted by atomic mass is 19.1. The van der Waals surface area contributed by atoms with E-state index in [1.807, 2.05) is 24.3 Å². The summed E-state index contributed by atoms with van der Waals surface area (Å²) in [5, 5.41) is 4.61. The van der Waals surface area contributed by atoms with Gasteiger partial charge in [-0.05, 0) is 47.7 Å². The van der Waals surface area contributed by atoms with E-state index in [0.717, 1.165) is 22.9 Å². The Hall–Kier alpha value is -3.65. The van der Waals surface area contributed by atoms with Crippen molar-refractivity contribution < 1.29 is 23.0 Å². The predicted octanol–water partition coefficient (Wildman–Crippen LogP) is 4.74. The van der Waals surface area contributed by atoms with Crippen LogP contribution in [0.5, 0.6) is 5.75 Å². The van der Waals surface area contributed by atoms with Crippen LogP contribution in [0.1, 0.15) is 39.6 Å². The molecule has 0 saturated carbocycles. The first-order chi connectivity index (χ1) is 16.0. The minimum atomic E-state index is -0.659. The standard InChI is InChI=1S/C25H21F2N3O3/c1-32-13-22-24(14-3-5-19(33-2)6-4-14)25-28-21-9-16(15-7-17(26)11-18(27)8-15)10-23(31)20(21)12-30(25)29-22/h3-8,11-12,16H,9-10,13H2,1-2H3. The summed E-state index contributed by atoms with van der Waals surface area (Å²) in [6, 6.07) is 10.9. The summed E-state index contributed by atoms with van der Waals surface area (Å²) < 4.78 is 39.8. The lowest BCUT2D eigenvalue weighted by molar-refractivity contribution is 0.0962. The molecule has 8 heteroatoms. The Morgan fingerprint density at radius 3 is 2.45 bits per heavy atom. The van der Waals surface area contributed by atoms with Gasteiger partial charge in [-0.25, -0.2) is 18.3 Å². The highest BCUT2D eigenvalue weighted by Crippen LogP contribution is 2.35. The van der Waals surface area contributed by atoms with Crippen molar-refractivity contribution in [2.45, 2.75) is 25.4 Å². The van der Waals surface area contributed by atoms with Crippen LogP contribution in [0.3, 0.4) is 0 Å². The number of hydrogen-bond acceptors (Lipinski definition) is 5. The molecular formula is C25H21F2N3O3. The molecule has 168 valence electrons. The number of aromatic nitrogens is 3. The largest absolute Gasteiger partial charge is 0.497 e. The number of ketones is 1. The van der Waals surface area contributed by atoms with E-state index < -0.39 is 11.6 Å². The number of fused-ring (bicyclic) bond motifs is 2. The number of carbonyl (C=O) groups excluding carboxylic acids is 1. The van der Waals surface area contributed by atoms with Gasteiger partial charge >= 0.3 is 0 Å². The van der Waals surface area contributed by atoms with Gasteiger partial charge in [0.2, 0.25) is 0 Å². The molecule has 1 aliphatic rings. The molecule has 1 aliphatic carbocycles. The summed E-state index contributed by atoms with van der Waals surface area (Å²) in [7, 11) is 3.19. The zero-order chi connectivity index (χ0) is 23.1. The first kappa shape index (κ1) is 21.2. The maximum Gasteiger partial charge on any atom is 0.166 e. The van der Waals surface area contributed by atoms with Crippen LogP contribution in [0.2, 0.25) is 0 Å². The fourth-order valence-corrected chi connectivity index (χ4v) is 4.42. The highest BCUT2D eigenvalue weighted by molar-refractivity contribution is 5.99.